The van der Waals surface area contributed by atoms with E-state index >= 15 is 0 Å². The molecule has 0 aliphatic carbocycles. The molecule has 2 aromatic rings. The van der Waals surface area contributed by atoms with E-state index in [2.05, 4.69) is 10.3 Å². The molecule has 12 heteroatoms. The zero-order valence-electron chi connectivity index (χ0n) is 16.5. The number of imide groups is 1. The molecule has 32 heavy (non-hydrogen) atoms. The first-order valence-electron chi connectivity index (χ1n) is 9.47. The number of hydrogen-bond donors (Lipinski definition) is 1. The fourth-order valence-electron chi connectivity index (χ4n) is 4.00. The van der Waals surface area contributed by atoms with Crippen LogP contribution in [0, 0.1) is 11.6 Å². The van der Waals surface area contributed by atoms with E-state index in [0.29, 0.717) is 30.1 Å². The first kappa shape index (κ1) is 23.9. The fraction of sp³-hybridized carbons (Fsp3) is 0.350. The summed E-state index contributed by atoms with van der Waals surface area (Å²) in [7, 11) is 0. The Labute approximate surface area is 185 Å². The number of piperidine rings is 1. The fourth-order valence-corrected chi connectivity index (χ4v) is 4.00. The largest absolute Gasteiger partial charge is 0.416 e. The minimum Gasteiger partial charge on any atom is -0.317 e. The number of nitrogens with one attached hydrogen (secondary N) is 1. The van der Waals surface area contributed by atoms with Gasteiger partial charge in [-0.25, -0.2) is 23.5 Å². The molecule has 2 fully saturated rings. The molecule has 1 aromatic carbocycles. The van der Waals surface area contributed by atoms with E-state index in [0.717, 1.165) is 23.2 Å². The van der Waals surface area contributed by atoms with Gasteiger partial charge in [-0.05, 0) is 44.1 Å². The van der Waals surface area contributed by atoms with Gasteiger partial charge >= 0.3 is 12.2 Å². The molecule has 3 heterocycles. The SMILES string of the molecule is Cl.O=C1N(c2cc(C(F)(F)F)ccn2)C(=O)C2(CCNCC2)N1Cc1ccc(F)cc1F. The second-order valence-electron chi connectivity index (χ2n) is 7.43. The number of nitrogens with zero attached hydrogens (tertiary/aromatic N) is 3. The number of carbonyl (C=O) groups excluding carboxylic acids is 2. The minimum absolute atomic E-state index is 0. The van der Waals surface area contributed by atoms with Crippen molar-refractivity contribution in [3.8, 4) is 0 Å². The maximum absolute atomic E-state index is 14.3. The molecule has 0 bridgehead atoms. The Morgan fingerprint density at radius 3 is 2.38 bits per heavy atom. The number of amides is 3. The average molecular weight is 477 g/mol. The van der Waals surface area contributed by atoms with Crippen LogP contribution in [0.1, 0.15) is 24.0 Å². The van der Waals surface area contributed by atoms with Gasteiger partial charge in [0.2, 0.25) is 0 Å². The van der Waals surface area contributed by atoms with Crippen molar-refractivity contribution < 1.29 is 31.5 Å². The lowest BCUT2D eigenvalue weighted by Crippen LogP contribution is -2.55. The van der Waals surface area contributed by atoms with E-state index in [1.807, 2.05) is 0 Å². The van der Waals surface area contributed by atoms with Crippen LogP contribution in [0.4, 0.5) is 32.6 Å². The molecule has 1 aromatic heterocycles. The van der Waals surface area contributed by atoms with Gasteiger partial charge < -0.3 is 10.2 Å². The molecule has 2 saturated heterocycles. The normalized spacial score (nSPS) is 18.3. The maximum atomic E-state index is 14.3. The van der Waals surface area contributed by atoms with Gasteiger partial charge in [-0.15, -0.1) is 12.4 Å². The molecular weight excluding hydrogens is 459 g/mol. The van der Waals surface area contributed by atoms with Gasteiger partial charge in [0.25, 0.3) is 5.91 Å². The lowest BCUT2D eigenvalue weighted by molar-refractivity contribution is -0.137. The van der Waals surface area contributed by atoms with Crippen LogP contribution in [0.5, 0.6) is 0 Å². The molecule has 0 radical (unpaired) electrons. The Hall–Kier alpha value is -2.79. The van der Waals surface area contributed by atoms with Crippen LogP contribution >= 0.6 is 12.4 Å². The average Bonchev–Trinajstić information content (AvgIpc) is 2.91. The van der Waals surface area contributed by atoms with Gasteiger partial charge in [-0.1, -0.05) is 6.07 Å². The van der Waals surface area contributed by atoms with Crippen molar-refractivity contribution >= 4 is 30.2 Å². The van der Waals surface area contributed by atoms with Crippen molar-refractivity contribution in [3.05, 3.63) is 59.3 Å². The number of rotatable bonds is 3. The third-order valence-electron chi connectivity index (χ3n) is 5.62. The number of urea groups is 1. The highest BCUT2D eigenvalue weighted by Gasteiger charge is 2.58. The maximum Gasteiger partial charge on any atom is 0.416 e. The van der Waals surface area contributed by atoms with Crippen LogP contribution in [0.15, 0.2) is 36.5 Å². The summed E-state index contributed by atoms with van der Waals surface area (Å²) in [5, 5.41) is 3.06. The molecular formula is C20H18ClF5N4O2. The third kappa shape index (κ3) is 4.02. The van der Waals surface area contributed by atoms with Crippen molar-refractivity contribution in [2.24, 2.45) is 0 Å². The molecule has 1 spiro atoms. The van der Waals surface area contributed by atoms with Crippen LogP contribution < -0.4 is 10.2 Å². The van der Waals surface area contributed by atoms with E-state index in [4.69, 9.17) is 0 Å². The lowest BCUT2D eigenvalue weighted by Gasteiger charge is -2.38. The summed E-state index contributed by atoms with van der Waals surface area (Å²) in [6.45, 7) is 0.419. The minimum atomic E-state index is -4.69. The van der Waals surface area contributed by atoms with Crippen molar-refractivity contribution in [2.75, 3.05) is 18.0 Å². The van der Waals surface area contributed by atoms with Crippen molar-refractivity contribution in [1.29, 1.82) is 0 Å². The number of hydrogen-bond acceptors (Lipinski definition) is 4. The monoisotopic (exact) mass is 476 g/mol. The Morgan fingerprint density at radius 1 is 1.06 bits per heavy atom. The summed E-state index contributed by atoms with van der Waals surface area (Å²) >= 11 is 0. The molecule has 6 nitrogen and oxygen atoms in total. The predicted octanol–water partition coefficient (Wildman–Crippen LogP) is 3.89. The molecule has 1 N–H and O–H groups in total. The predicted molar refractivity (Wildman–Crippen MR) is 106 cm³/mol. The summed E-state index contributed by atoms with van der Waals surface area (Å²) in [4.78, 5) is 32.1. The van der Waals surface area contributed by atoms with Gasteiger partial charge in [0.1, 0.15) is 23.0 Å². The molecule has 172 valence electrons. The quantitative estimate of drug-likeness (QED) is 0.539. The summed E-state index contributed by atoms with van der Waals surface area (Å²) in [5.74, 6) is -2.85. The number of benzene rings is 1. The van der Waals surface area contributed by atoms with Gasteiger partial charge in [0.15, 0.2) is 0 Å². The third-order valence-corrected chi connectivity index (χ3v) is 5.62. The van der Waals surface area contributed by atoms with Gasteiger partial charge in [-0.2, -0.15) is 13.2 Å². The standard InChI is InChI=1S/C20H17F5N4O2.ClH/c21-14-2-1-12(15(22)10-14)11-28-18(31)29(17(30)19(28)4-7-26-8-5-19)16-9-13(3-6-27-16)20(23,24)25;/h1-3,6,9-10,26H,4-5,7-8,11H2;1H. The zero-order valence-corrected chi connectivity index (χ0v) is 17.3. The smallest absolute Gasteiger partial charge is 0.317 e. The van der Waals surface area contributed by atoms with E-state index in [1.165, 1.54) is 6.07 Å². The Morgan fingerprint density at radius 2 is 1.75 bits per heavy atom. The summed E-state index contributed by atoms with van der Waals surface area (Å²) in [5.41, 5.74) is -2.43. The molecule has 0 saturated carbocycles. The zero-order chi connectivity index (χ0) is 22.4. The van der Waals surface area contributed by atoms with Gasteiger partial charge in [0, 0.05) is 17.8 Å². The Balaban J connectivity index is 0.00000289. The van der Waals surface area contributed by atoms with E-state index in [-0.39, 0.29) is 37.4 Å². The number of halogens is 6. The highest BCUT2D eigenvalue weighted by molar-refractivity contribution is 6.22. The van der Waals surface area contributed by atoms with Crippen molar-refractivity contribution in [2.45, 2.75) is 31.1 Å². The lowest BCUT2D eigenvalue weighted by atomic mass is 9.86. The number of pyridine rings is 1. The number of carbonyl (C=O) groups is 2. The second kappa shape index (κ2) is 8.62. The molecule has 3 amide bonds. The number of anilines is 1. The van der Waals surface area contributed by atoms with Crippen LogP contribution in [-0.4, -0.2) is 40.5 Å². The van der Waals surface area contributed by atoms with Crippen molar-refractivity contribution in [3.63, 3.8) is 0 Å². The summed E-state index contributed by atoms with van der Waals surface area (Å²) < 4.78 is 66.9. The Kier molecular flexibility index (Phi) is 6.43. The molecule has 2 aliphatic heterocycles. The van der Waals surface area contributed by atoms with Gasteiger partial charge in [0.05, 0.1) is 12.1 Å². The van der Waals surface area contributed by atoms with Crippen molar-refractivity contribution in [1.82, 2.24) is 15.2 Å². The highest BCUT2D eigenvalue weighted by Crippen LogP contribution is 2.40. The first-order valence-corrected chi connectivity index (χ1v) is 9.47. The van der Waals surface area contributed by atoms with Crippen LogP contribution in [0.3, 0.4) is 0 Å². The topological polar surface area (TPSA) is 65.5 Å². The summed E-state index contributed by atoms with van der Waals surface area (Å²) in [6.07, 6.45) is -3.44. The van der Waals surface area contributed by atoms with E-state index in [1.54, 1.807) is 0 Å². The number of aromatic nitrogens is 1. The molecule has 2 aliphatic rings. The van der Waals surface area contributed by atoms with Crippen LogP contribution in [-0.2, 0) is 17.5 Å². The summed E-state index contributed by atoms with van der Waals surface area (Å²) in [6, 6.07) is 3.33. The van der Waals surface area contributed by atoms with Crippen LogP contribution in [0.2, 0.25) is 0 Å². The second-order valence-corrected chi connectivity index (χ2v) is 7.43. The molecule has 0 atom stereocenters. The first-order chi connectivity index (χ1) is 14.6. The molecule has 4 rings (SSSR count). The van der Waals surface area contributed by atoms with E-state index < -0.39 is 46.7 Å². The number of alkyl halides is 3. The Bertz CT molecular complexity index is 1040. The highest BCUT2D eigenvalue weighted by atomic mass is 35.5. The van der Waals surface area contributed by atoms with Crippen LogP contribution in [0.25, 0.3) is 0 Å². The van der Waals surface area contributed by atoms with E-state index in [9.17, 15) is 31.5 Å². The van der Waals surface area contributed by atoms with Gasteiger partial charge in [-0.3, -0.25) is 4.79 Å². The molecule has 0 unspecified atom stereocenters.